The van der Waals surface area contributed by atoms with Crippen LogP contribution in [-0.2, 0) is 10.0 Å². The normalized spacial score (nSPS) is 14.2. The molecule has 1 amide bonds. The quantitative estimate of drug-likeness (QED) is 0.608. The largest absolute Gasteiger partial charge is 0.508 e. The molecule has 1 fully saturated rings. The van der Waals surface area contributed by atoms with E-state index in [0.717, 1.165) is 24.7 Å². The number of aromatic hydroxyl groups is 1. The number of anilines is 1. The molecule has 3 aromatic rings. The highest BCUT2D eigenvalue weighted by atomic mass is 32.2. The number of hydrogen-bond donors (Lipinski definition) is 3. The Morgan fingerprint density at radius 1 is 1.18 bits per heavy atom. The summed E-state index contributed by atoms with van der Waals surface area (Å²) >= 11 is 0. The van der Waals surface area contributed by atoms with Gasteiger partial charge in [-0.25, -0.2) is 8.42 Å². The Bertz CT molecular complexity index is 1180. The summed E-state index contributed by atoms with van der Waals surface area (Å²) in [5.74, 6) is 0.440. The lowest BCUT2D eigenvalue weighted by Crippen LogP contribution is -2.18. The highest BCUT2D eigenvalue weighted by Crippen LogP contribution is 2.46. The first-order valence-electron chi connectivity index (χ1n) is 8.86. The Morgan fingerprint density at radius 3 is 2.43 bits per heavy atom. The molecule has 0 radical (unpaired) electrons. The van der Waals surface area contributed by atoms with Crippen LogP contribution in [0.5, 0.6) is 5.75 Å². The van der Waals surface area contributed by atoms with Crippen molar-refractivity contribution in [3.05, 3.63) is 47.5 Å². The number of fused-ring (bicyclic) bond motifs is 1. The van der Waals surface area contributed by atoms with Crippen LogP contribution in [0.3, 0.4) is 0 Å². The minimum absolute atomic E-state index is 0.108. The van der Waals surface area contributed by atoms with Crippen LogP contribution in [0.1, 0.15) is 34.7 Å². The molecule has 1 aromatic heterocycles. The summed E-state index contributed by atoms with van der Waals surface area (Å²) in [6, 6.07) is 9.84. The molecule has 146 valence electrons. The summed E-state index contributed by atoms with van der Waals surface area (Å²) < 4.78 is 32.1. The highest BCUT2D eigenvalue weighted by Gasteiger charge is 2.30. The summed E-state index contributed by atoms with van der Waals surface area (Å²) in [5, 5.41) is 12.8. The van der Waals surface area contributed by atoms with E-state index < -0.39 is 10.0 Å². The number of nitrogens with one attached hydrogen (secondary N) is 2. The Morgan fingerprint density at radius 2 is 1.86 bits per heavy atom. The van der Waals surface area contributed by atoms with Crippen molar-refractivity contribution in [2.75, 3.05) is 18.0 Å². The van der Waals surface area contributed by atoms with Crippen molar-refractivity contribution in [1.29, 1.82) is 0 Å². The Kier molecular flexibility index (Phi) is 4.30. The van der Waals surface area contributed by atoms with E-state index in [1.165, 1.54) is 12.1 Å². The van der Waals surface area contributed by atoms with Crippen LogP contribution >= 0.6 is 0 Å². The molecule has 0 bridgehead atoms. The molecule has 0 aliphatic heterocycles. The van der Waals surface area contributed by atoms with E-state index in [1.54, 1.807) is 25.2 Å². The van der Waals surface area contributed by atoms with E-state index in [4.69, 9.17) is 4.42 Å². The van der Waals surface area contributed by atoms with Crippen molar-refractivity contribution >= 4 is 32.6 Å². The van der Waals surface area contributed by atoms with Gasteiger partial charge in [0.2, 0.25) is 10.0 Å². The first kappa shape index (κ1) is 18.4. The third kappa shape index (κ3) is 3.43. The lowest BCUT2D eigenvalue weighted by atomic mass is 10.0. The van der Waals surface area contributed by atoms with Gasteiger partial charge < -0.3 is 14.8 Å². The zero-order valence-electron chi connectivity index (χ0n) is 15.4. The topological polar surface area (TPSA) is 109 Å². The maximum Gasteiger partial charge on any atom is 0.255 e. The van der Waals surface area contributed by atoms with E-state index in [9.17, 15) is 18.3 Å². The van der Waals surface area contributed by atoms with Crippen LogP contribution in [0, 0.1) is 0 Å². The number of phenolic OH excluding ortho intramolecular Hbond substituents is 1. The number of rotatable bonds is 5. The third-order valence-corrected chi connectivity index (χ3v) is 5.35. The number of carbonyl (C=O) groups is 1. The fourth-order valence-electron chi connectivity index (χ4n) is 3.35. The Balaban J connectivity index is 1.97. The fourth-order valence-corrected chi connectivity index (χ4v) is 3.92. The summed E-state index contributed by atoms with van der Waals surface area (Å²) in [5.41, 5.74) is 2.78. The number of sulfonamides is 1. The fraction of sp³-hybridized carbons (Fsp3) is 0.250. The molecule has 1 saturated carbocycles. The SMILES string of the molecule is CNC(=O)c1c(-c2ccc(O)cc2)oc2cc(NS(C)(=O)=O)c(C3CC3)cc12. The predicted molar refractivity (Wildman–Crippen MR) is 107 cm³/mol. The van der Waals surface area contributed by atoms with Crippen molar-refractivity contribution in [2.45, 2.75) is 18.8 Å². The molecule has 7 nitrogen and oxygen atoms in total. The van der Waals surface area contributed by atoms with Crippen LogP contribution in [-0.4, -0.2) is 32.7 Å². The highest BCUT2D eigenvalue weighted by molar-refractivity contribution is 7.92. The molecule has 0 unspecified atom stereocenters. The second-order valence-corrected chi connectivity index (χ2v) is 8.76. The van der Waals surface area contributed by atoms with Gasteiger partial charge in [-0.1, -0.05) is 0 Å². The zero-order chi connectivity index (χ0) is 20.1. The molecular formula is C20H20N2O5S. The van der Waals surface area contributed by atoms with E-state index in [0.29, 0.717) is 33.5 Å². The third-order valence-electron chi connectivity index (χ3n) is 4.76. The first-order chi connectivity index (χ1) is 13.3. The van der Waals surface area contributed by atoms with Gasteiger partial charge in [-0.2, -0.15) is 0 Å². The summed E-state index contributed by atoms with van der Waals surface area (Å²) in [7, 11) is -1.91. The van der Waals surface area contributed by atoms with Crippen LogP contribution < -0.4 is 10.0 Å². The number of hydrogen-bond acceptors (Lipinski definition) is 5. The van der Waals surface area contributed by atoms with Crippen molar-refractivity contribution in [1.82, 2.24) is 5.32 Å². The summed E-state index contributed by atoms with van der Waals surface area (Å²) in [4.78, 5) is 12.6. The molecule has 1 aliphatic carbocycles. The second kappa shape index (κ2) is 6.56. The van der Waals surface area contributed by atoms with Gasteiger partial charge in [0.25, 0.3) is 5.91 Å². The van der Waals surface area contributed by atoms with Crippen molar-refractivity contribution in [2.24, 2.45) is 0 Å². The lowest BCUT2D eigenvalue weighted by Gasteiger charge is -2.10. The maximum atomic E-state index is 12.6. The number of benzene rings is 2. The van der Waals surface area contributed by atoms with Crippen molar-refractivity contribution in [3.63, 3.8) is 0 Å². The van der Waals surface area contributed by atoms with Crippen LogP contribution in [0.4, 0.5) is 5.69 Å². The predicted octanol–water partition coefficient (Wildman–Crippen LogP) is 3.41. The molecule has 28 heavy (non-hydrogen) atoms. The van der Waals surface area contributed by atoms with Crippen LogP contribution in [0.25, 0.3) is 22.3 Å². The zero-order valence-corrected chi connectivity index (χ0v) is 16.3. The second-order valence-electron chi connectivity index (χ2n) is 7.02. The molecule has 1 aliphatic rings. The molecule has 0 atom stereocenters. The van der Waals surface area contributed by atoms with Gasteiger partial charge in [-0.15, -0.1) is 0 Å². The molecule has 1 heterocycles. The van der Waals surface area contributed by atoms with Gasteiger partial charge in [0.05, 0.1) is 17.5 Å². The smallest absolute Gasteiger partial charge is 0.255 e. The first-order valence-corrected chi connectivity index (χ1v) is 10.8. The van der Waals surface area contributed by atoms with Gasteiger partial charge in [0.15, 0.2) is 0 Å². The summed E-state index contributed by atoms with van der Waals surface area (Å²) in [6.45, 7) is 0. The van der Waals surface area contributed by atoms with Gasteiger partial charge in [-0.05, 0) is 54.7 Å². The van der Waals surface area contributed by atoms with Gasteiger partial charge in [0, 0.05) is 24.1 Å². The monoisotopic (exact) mass is 400 g/mol. The average molecular weight is 400 g/mol. The van der Waals surface area contributed by atoms with Crippen LogP contribution in [0.15, 0.2) is 40.8 Å². The molecule has 0 saturated heterocycles. The molecule has 4 rings (SSSR count). The molecule has 3 N–H and O–H groups in total. The standard InChI is InChI=1S/C20H20N2O5S/c1-21-20(24)18-15-9-14(11-3-4-11)16(22-28(2,25)26)10-17(15)27-19(18)12-5-7-13(23)8-6-12/h5-11,22-23H,3-4H2,1-2H3,(H,21,24). The average Bonchev–Trinajstić information content (AvgIpc) is 3.41. The van der Waals surface area contributed by atoms with Gasteiger partial charge in [-0.3, -0.25) is 9.52 Å². The minimum Gasteiger partial charge on any atom is -0.508 e. The van der Waals surface area contributed by atoms with Crippen molar-refractivity contribution < 1.29 is 22.7 Å². The van der Waals surface area contributed by atoms with Crippen LogP contribution in [0.2, 0.25) is 0 Å². The number of phenols is 1. The van der Waals surface area contributed by atoms with Crippen molar-refractivity contribution in [3.8, 4) is 17.1 Å². The Hall–Kier alpha value is -3.00. The number of amides is 1. The van der Waals surface area contributed by atoms with Gasteiger partial charge >= 0.3 is 0 Å². The summed E-state index contributed by atoms with van der Waals surface area (Å²) in [6.07, 6.45) is 3.05. The van der Waals surface area contributed by atoms with E-state index in [2.05, 4.69) is 10.0 Å². The van der Waals surface area contributed by atoms with E-state index in [-0.39, 0.29) is 17.6 Å². The minimum atomic E-state index is -3.45. The maximum absolute atomic E-state index is 12.6. The number of carbonyl (C=O) groups excluding carboxylic acids is 1. The number of furan rings is 1. The molecule has 2 aromatic carbocycles. The van der Waals surface area contributed by atoms with E-state index in [1.807, 2.05) is 6.07 Å². The van der Waals surface area contributed by atoms with Gasteiger partial charge in [0.1, 0.15) is 17.1 Å². The lowest BCUT2D eigenvalue weighted by molar-refractivity contribution is 0.0964. The molecule has 8 heteroatoms. The van der Waals surface area contributed by atoms with E-state index >= 15 is 0 Å². The molecule has 0 spiro atoms. The Labute approximate surface area is 162 Å². The molecular weight excluding hydrogens is 380 g/mol.